The van der Waals surface area contributed by atoms with Gasteiger partial charge in [0.05, 0.1) is 5.56 Å². The number of benzene rings is 3. The Morgan fingerprint density at radius 1 is 0.674 bits per heavy atom. The third-order valence-electron chi connectivity index (χ3n) is 5.40. The largest absolute Gasteiger partial charge is 0.457 e. The number of esters is 3. The van der Waals surface area contributed by atoms with Crippen LogP contribution in [0.15, 0.2) is 86.0 Å². The summed E-state index contributed by atoms with van der Waals surface area (Å²) < 4.78 is 77.6. The molecule has 0 unspecified atom stereocenters. The zero-order valence-electron chi connectivity index (χ0n) is 22.7. The molecule has 0 amide bonds. The summed E-state index contributed by atoms with van der Waals surface area (Å²) in [5, 5.41) is 0. The van der Waals surface area contributed by atoms with Gasteiger partial charge in [-0.2, -0.15) is 13.2 Å². The van der Waals surface area contributed by atoms with Crippen molar-refractivity contribution in [2.45, 2.75) is 13.1 Å². The number of halogens is 3. The highest BCUT2D eigenvalue weighted by Crippen LogP contribution is 2.42. The van der Waals surface area contributed by atoms with E-state index in [1.54, 1.807) is 0 Å². The Bertz CT molecular complexity index is 1450. The van der Waals surface area contributed by atoms with Crippen molar-refractivity contribution in [3.8, 4) is 28.7 Å². The first-order valence-electron chi connectivity index (χ1n) is 12.2. The predicted molar refractivity (Wildman–Crippen MR) is 144 cm³/mol. The van der Waals surface area contributed by atoms with E-state index in [0.717, 1.165) is 25.1 Å². The fourth-order valence-electron chi connectivity index (χ4n) is 3.32. The molecule has 0 heterocycles. The quantitative estimate of drug-likeness (QED) is 0.0973. The minimum absolute atomic E-state index is 0.0336. The van der Waals surface area contributed by atoms with Gasteiger partial charge < -0.3 is 33.2 Å². The van der Waals surface area contributed by atoms with Crippen LogP contribution in [-0.4, -0.2) is 38.3 Å². The Balaban J connectivity index is 1.61. The number of rotatable bonds is 14. The number of ether oxygens (including phenoxy) is 7. The summed E-state index contributed by atoms with van der Waals surface area (Å²) in [6.45, 7) is 6.36. The van der Waals surface area contributed by atoms with E-state index >= 15 is 0 Å². The normalized spacial score (nSPS) is 10.6. The first kappa shape index (κ1) is 32.1. The second-order valence-electron chi connectivity index (χ2n) is 8.21. The van der Waals surface area contributed by atoms with Crippen LogP contribution in [0, 0.1) is 6.92 Å². The average molecular weight is 603 g/mol. The second-order valence-corrected chi connectivity index (χ2v) is 8.21. The maximum absolute atomic E-state index is 14.0. The van der Waals surface area contributed by atoms with Gasteiger partial charge in [0.2, 0.25) is 20.4 Å². The van der Waals surface area contributed by atoms with Crippen molar-refractivity contribution in [2.75, 3.05) is 20.4 Å². The molecule has 0 saturated carbocycles. The molecule has 0 N–H and O–H groups in total. The maximum Gasteiger partial charge on any atom is 0.420 e. The number of hydrogen-bond acceptors (Lipinski definition) is 10. The summed E-state index contributed by atoms with van der Waals surface area (Å²) >= 11 is 0. The molecule has 0 fully saturated rings. The zero-order valence-corrected chi connectivity index (χ0v) is 22.7. The smallest absolute Gasteiger partial charge is 0.420 e. The van der Waals surface area contributed by atoms with Crippen molar-refractivity contribution in [1.82, 2.24) is 0 Å². The standard InChI is InChI=1S/C30H25F3O10/c1-4-26(34)41-17-38-21-8-6-20(7-9-21)29(36)43-24-14-15-25(28(19(24)3)30(31,32)33)40-16-37-22-10-12-23(13-11-22)39-18-42-27(35)5-2/h4-15H,1-2,16-18H2,3H3. The molecule has 0 bridgehead atoms. The van der Waals surface area contributed by atoms with E-state index < -0.39 is 42.2 Å². The molecule has 0 aromatic heterocycles. The molecule has 0 radical (unpaired) electrons. The molecule has 0 aliphatic rings. The van der Waals surface area contributed by atoms with E-state index in [9.17, 15) is 27.6 Å². The lowest BCUT2D eigenvalue weighted by molar-refractivity contribution is -0.145. The van der Waals surface area contributed by atoms with Crippen molar-refractivity contribution < 1.29 is 60.7 Å². The van der Waals surface area contributed by atoms with Gasteiger partial charge in [0, 0.05) is 17.7 Å². The Morgan fingerprint density at radius 2 is 1.12 bits per heavy atom. The molecule has 43 heavy (non-hydrogen) atoms. The summed E-state index contributed by atoms with van der Waals surface area (Å²) in [4.78, 5) is 34.7. The van der Waals surface area contributed by atoms with Gasteiger partial charge >= 0.3 is 24.1 Å². The van der Waals surface area contributed by atoms with E-state index in [2.05, 4.69) is 17.9 Å². The molecule has 0 spiro atoms. The molecule has 226 valence electrons. The lowest BCUT2D eigenvalue weighted by Gasteiger charge is -2.19. The van der Waals surface area contributed by atoms with Crippen molar-refractivity contribution in [1.29, 1.82) is 0 Å². The van der Waals surface area contributed by atoms with Crippen LogP contribution in [0.4, 0.5) is 13.2 Å². The first-order valence-corrected chi connectivity index (χ1v) is 12.2. The van der Waals surface area contributed by atoms with Crippen molar-refractivity contribution in [3.05, 3.63) is 103 Å². The summed E-state index contributed by atoms with van der Waals surface area (Å²) in [6.07, 6.45) is -2.89. The average Bonchev–Trinajstić information content (AvgIpc) is 2.98. The third kappa shape index (κ3) is 9.56. The Hall–Kier alpha value is -5.46. The van der Waals surface area contributed by atoms with Crippen LogP contribution in [-0.2, 0) is 25.2 Å². The molecular weight excluding hydrogens is 577 g/mol. The minimum Gasteiger partial charge on any atom is -0.457 e. The maximum atomic E-state index is 14.0. The number of alkyl halides is 3. The summed E-state index contributed by atoms with van der Waals surface area (Å²) in [5.41, 5.74) is -1.48. The van der Waals surface area contributed by atoms with E-state index in [1.807, 2.05) is 0 Å². The van der Waals surface area contributed by atoms with Gasteiger partial charge in [-0.15, -0.1) is 0 Å². The lowest BCUT2D eigenvalue weighted by atomic mass is 10.1. The van der Waals surface area contributed by atoms with Crippen LogP contribution >= 0.6 is 0 Å². The summed E-state index contributed by atoms with van der Waals surface area (Å²) in [7, 11) is 0. The van der Waals surface area contributed by atoms with Gasteiger partial charge in [0.1, 0.15) is 34.3 Å². The van der Waals surface area contributed by atoms with Gasteiger partial charge in [0.15, 0.2) is 0 Å². The van der Waals surface area contributed by atoms with Crippen LogP contribution in [0.25, 0.3) is 0 Å². The summed E-state index contributed by atoms with van der Waals surface area (Å²) in [5.74, 6) is -2.22. The second kappa shape index (κ2) is 15.0. The van der Waals surface area contributed by atoms with E-state index in [0.29, 0.717) is 5.75 Å². The molecule has 0 atom stereocenters. The molecule has 0 saturated heterocycles. The monoisotopic (exact) mass is 602 g/mol. The Morgan fingerprint density at radius 3 is 1.58 bits per heavy atom. The minimum atomic E-state index is -4.84. The summed E-state index contributed by atoms with van der Waals surface area (Å²) in [6, 6.07) is 13.6. The van der Waals surface area contributed by atoms with Gasteiger partial charge in [-0.3, -0.25) is 0 Å². The van der Waals surface area contributed by atoms with Crippen LogP contribution in [0.2, 0.25) is 0 Å². The number of hydrogen-bond donors (Lipinski definition) is 0. The van der Waals surface area contributed by atoms with E-state index in [-0.39, 0.29) is 42.0 Å². The predicted octanol–water partition coefficient (Wildman–Crippen LogP) is 5.78. The first-order chi connectivity index (χ1) is 20.5. The SMILES string of the molecule is C=CC(=O)OCOc1ccc(OCOc2ccc(OC(=O)c3ccc(OCOC(=O)C=C)cc3)c(C)c2C(F)(F)F)cc1. The van der Waals surface area contributed by atoms with Crippen molar-refractivity contribution in [3.63, 3.8) is 0 Å². The molecule has 0 aliphatic carbocycles. The highest BCUT2D eigenvalue weighted by atomic mass is 19.4. The van der Waals surface area contributed by atoms with Crippen LogP contribution < -0.4 is 23.7 Å². The number of carbonyl (C=O) groups is 3. The Kier molecular flexibility index (Phi) is 11.2. The molecule has 0 aliphatic heterocycles. The molecular formula is C30H25F3O10. The van der Waals surface area contributed by atoms with Crippen LogP contribution in [0.3, 0.4) is 0 Å². The number of carbonyl (C=O) groups excluding carboxylic acids is 3. The van der Waals surface area contributed by atoms with Gasteiger partial charge in [-0.05, 0) is 67.6 Å². The van der Waals surface area contributed by atoms with E-state index in [4.69, 9.17) is 28.4 Å². The van der Waals surface area contributed by atoms with E-state index in [1.165, 1.54) is 54.6 Å². The van der Waals surface area contributed by atoms with Gasteiger partial charge in [0.25, 0.3) is 0 Å². The molecule has 10 nitrogen and oxygen atoms in total. The topological polar surface area (TPSA) is 116 Å². The van der Waals surface area contributed by atoms with Crippen molar-refractivity contribution in [2.24, 2.45) is 0 Å². The molecule has 13 heteroatoms. The fourth-order valence-corrected chi connectivity index (χ4v) is 3.32. The zero-order chi connectivity index (χ0) is 31.4. The lowest BCUT2D eigenvalue weighted by Crippen LogP contribution is -2.16. The third-order valence-corrected chi connectivity index (χ3v) is 5.40. The van der Waals surface area contributed by atoms with Crippen molar-refractivity contribution >= 4 is 17.9 Å². The van der Waals surface area contributed by atoms with Gasteiger partial charge in [-0.1, -0.05) is 13.2 Å². The highest BCUT2D eigenvalue weighted by molar-refractivity contribution is 5.91. The molecule has 3 aromatic rings. The molecule has 3 aromatic carbocycles. The van der Waals surface area contributed by atoms with Gasteiger partial charge in [-0.25, -0.2) is 14.4 Å². The Labute approximate surface area is 243 Å². The van der Waals surface area contributed by atoms with Crippen LogP contribution in [0.1, 0.15) is 21.5 Å². The fraction of sp³-hybridized carbons (Fsp3) is 0.167. The van der Waals surface area contributed by atoms with Crippen LogP contribution in [0.5, 0.6) is 28.7 Å². The highest BCUT2D eigenvalue weighted by Gasteiger charge is 2.38. The molecule has 3 rings (SSSR count).